The van der Waals surface area contributed by atoms with Crippen molar-refractivity contribution in [3.05, 3.63) is 18.2 Å². The minimum atomic E-state index is -0.785. The number of nitrogen functional groups attached to an aromatic ring is 1. The van der Waals surface area contributed by atoms with E-state index >= 15 is 0 Å². The fraction of sp³-hybridized carbons (Fsp3) is 0.600. The van der Waals surface area contributed by atoms with E-state index in [2.05, 4.69) is 4.98 Å². The molecule has 1 saturated heterocycles. The van der Waals surface area contributed by atoms with Crippen LogP contribution in [0, 0.1) is 17.2 Å². The number of piperidine rings is 1. The molecule has 1 aliphatic rings. The van der Waals surface area contributed by atoms with Crippen molar-refractivity contribution in [2.45, 2.75) is 39.7 Å². The first-order chi connectivity index (χ1) is 9.71. The van der Waals surface area contributed by atoms with Gasteiger partial charge in [-0.2, -0.15) is 0 Å². The quantitative estimate of drug-likeness (QED) is 0.876. The van der Waals surface area contributed by atoms with Gasteiger partial charge in [0.1, 0.15) is 0 Å². The molecule has 1 aromatic rings. The van der Waals surface area contributed by atoms with E-state index in [1.165, 1.54) is 6.20 Å². The number of nitrogens with zero attached hydrogens (tertiary/aromatic N) is 2. The fourth-order valence-electron chi connectivity index (χ4n) is 3.02. The number of nitrogens with two attached hydrogens (primary N) is 1. The zero-order valence-corrected chi connectivity index (χ0v) is 12.6. The summed E-state index contributed by atoms with van der Waals surface area (Å²) < 4.78 is 14.2. The molecule has 116 valence electrons. The van der Waals surface area contributed by atoms with Gasteiger partial charge in [0.2, 0.25) is 0 Å². The van der Waals surface area contributed by atoms with Gasteiger partial charge in [-0.05, 0) is 18.3 Å². The molecule has 2 heterocycles. The molecular formula is C15H22FN3O2. The summed E-state index contributed by atoms with van der Waals surface area (Å²) in [5.41, 5.74) is 6.34. The molecule has 0 aliphatic carbocycles. The summed E-state index contributed by atoms with van der Waals surface area (Å²) in [5, 5.41) is 9.26. The Morgan fingerprint density at radius 2 is 2.14 bits per heavy atom. The molecule has 0 spiro atoms. The van der Waals surface area contributed by atoms with E-state index < -0.39 is 17.7 Å². The maximum Gasteiger partial charge on any atom is 0.306 e. The number of pyridine rings is 1. The summed E-state index contributed by atoms with van der Waals surface area (Å²) >= 11 is 0. The number of carboxylic acid groups (broad SMARTS) is 1. The summed E-state index contributed by atoms with van der Waals surface area (Å²) in [6.45, 7) is 6.57. The first-order valence-corrected chi connectivity index (χ1v) is 7.10. The molecule has 5 nitrogen and oxygen atoms in total. The predicted octanol–water partition coefficient (Wildman–Crippen LogP) is 2.52. The maximum atomic E-state index is 14.2. The zero-order chi connectivity index (χ0) is 15.8. The lowest BCUT2D eigenvalue weighted by Gasteiger charge is -2.46. The van der Waals surface area contributed by atoms with Gasteiger partial charge in [-0.3, -0.25) is 9.78 Å². The van der Waals surface area contributed by atoms with Crippen molar-refractivity contribution in [3.63, 3.8) is 0 Å². The molecule has 0 amide bonds. The van der Waals surface area contributed by atoms with E-state index in [1.54, 1.807) is 0 Å². The summed E-state index contributed by atoms with van der Waals surface area (Å²) in [5.74, 6) is -1.64. The molecule has 1 aliphatic heterocycles. The molecule has 21 heavy (non-hydrogen) atoms. The van der Waals surface area contributed by atoms with E-state index in [-0.39, 0.29) is 17.1 Å². The van der Waals surface area contributed by atoms with Gasteiger partial charge in [0.25, 0.3) is 0 Å². The van der Waals surface area contributed by atoms with Gasteiger partial charge in [-0.1, -0.05) is 20.8 Å². The van der Waals surface area contributed by atoms with Crippen LogP contribution in [-0.4, -0.2) is 28.6 Å². The molecule has 0 aromatic carbocycles. The monoisotopic (exact) mass is 295 g/mol. The topological polar surface area (TPSA) is 79.5 Å². The standard InChI is InChI=1S/C15H22FN3O2/c1-15(2,3)12-6-9(14(20)21)4-5-19(12)13-10(16)7-18-8-11(13)17/h7-9,12H,4-6,17H2,1-3H3,(H,20,21). The Bertz CT molecular complexity index is 522. The summed E-state index contributed by atoms with van der Waals surface area (Å²) in [6, 6.07) is -0.0912. The predicted molar refractivity (Wildman–Crippen MR) is 79.6 cm³/mol. The highest BCUT2D eigenvalue weighted by molar-refractivity contribution is 5.72. The van der Waals surface area contributed by atoms with Crippen LogP contribution in [0.5, 0.6) is 0 Å². The van der Waals surface area contributed by atoms with Crippen molar-refractivity contribution < 1.29 is 14.3 Å². The molecule has 2 unspecified atom stereocenters. The first-order valence-electron chi connectivity index (χ1n) is 7.10. The molecule has 3 N–H and O–H groups in total. The Labute approximate surface area is 124 Å². The van der Waals surface area contributed by atoms with Crippen molar-refractivity contribution in [1.82, 2.24) is 4.98 Å². The Balaban J connectivity index is 2.40. The molecule has 1 fully saturated rings. The number of aliphatic carboxylic acids is 1. The molecular weight excluding hydrogens is 273 g/mol. The van der Waals surface area contributed by atoms with Crippen LogP contribution in [0.15, 0.2) is 12.4 Å². The molecule has 6 heteroatoms. The van der Waals surface area contributed by atoms with Crippen LogP contribution < -0.4 is 10.6 Å². The summed E-state index contributed by atoms with van der Waals surface area (Å²) in [6.07, 6.45) is 3.55. The van der Waals surface area contributed by atoms with Crippen LogP contribution in [0.4, 0.5) is 15.8 Å². The normalized spacial score (nSPS) is 23.1. The van der Waals surface area contributed by atoms with Gasteiger partial charge in [0.15, 0.2) is 5.82 Å². The van der Waals surface area contributed by atoms with Crippen molar-refractivity contribution in [2.75, 3.05) is 17.2 Å². The summed E-state index contributed by atoms with van der Waals surface area (Å²) in [4.78, 5) is 16.9. The SMILES string of the molecule is CC(C)(C)C1CC(C(=O)O)CCN1c1c(N)cncc1F. The Morgan fingerprint density at radius 3 is 2.67 bits per heavy atom. The Morgan fingerprint density at radius 1 is 1.48 bits per heavy atom. The maximum absolute atomic E-state index is 14.2. The van der Waals surface area contributed by atoms with Crippen LogP contribution in [0.1, 0.15) is 33.6 Å². The average Bonchev–Trinajstić information content (AvgIpc) is 2.37. The molecule has 0 bridgehead atoms. The van der Waals surface area contributed by atoms with Crippen molar-refractivity contribution in [1.29, 1.82) is 0 Å². The number of anilines is 2. The third kappa shape index (κ3) is 3.09. The third-order valence-corrected chi connectivity index (χ3v) is 4.14. The van der Waals surface area contributed by atoms with Crippen LogP contribution in [0.2, 0.25) is 0 Å². The van der Waals surface area contributed by atoms with Crippen LogP contribution in [0.25, 0.3) is 0 Å². The number of carbonyl (C=O) groups is 1. The van der Waals surface area contributed by atoms with Gasteiger partial charge in [-0.25, -0.2) is 4.39 Å². The molecule has 0 radical (unpaired) electrons. The number of carboxylic acids is 1. The highest BCUT2D eigenvalue weighted by Gasteiger charge is 2.40. The smallest absolute Gasteiger partial charge is 0.306 e. The van der Waals surface area contributed by atoms with Crippen LogP contribution in [0.3, 0.4) is 0 Å². The minimum Gasteiger partial charge on any atom is -0.481 e. The van der Waals surface area contributed by atoms with Crippen molar-refractivity contribution >= 4 is 17.3 Å². The fourth-order valence-corrected chi connectivity index (χ4v) is 3.02. The van der Waals surface area contributed by atoms with E-state index in [4.69, 9.17) is 5.73 Å². The number of hydrogen-bond donors (Lipinski definition) is 2. The van der Waals surface area contributed by atoms with E-state index in [1.807, 2.05) is 25.7 Å². The Hall–Kier alpha value is -1.85. The number of hydrogen-bond acceptors (Lipinski definition) is 4. The van der Waals surface area contributed by atoms with Crippen LogP contribution in [-0.2, 0) is 4.79 Å². The van der Waals surface area contributed by atoms with Gasteiger partial charge in [0, 0.05) is 12.6 Å². The number of halogens is 1. The Kier molecular flexibility index (Phi) is 4.07. The van der Waals surface area contributed by atoms with E-state index in [0.717, 1.165) is 6.20 Å². The highest BCUT2D eigenvalue weighted by Crippen LogP contribution is 2.40. The number of aromatic nitrogens is 1. The largest absolute Gasteiger partial charge is 0.481 e. The van der Waals surface area contributed by atoms with Gasteiger partial charge < -0.3 is 15.7 Å². The molecule has 2 rings (SSSR count). The lowest BCUT2D eigenvalue weighted by molar-refractivity contribution is -0.143. The molecule has 1 aromatic heterocycles. The van der Waals surface area contributed by atoms with Gasteiger partial charge in [0.05, 0.1) is 29.7 Å². The molecule has 0 saturated carbocycles. The highest BCUT2D eigenvalue weighted by atomic mass is 19.1. The lowest BCUT2D eigenvalue weighted by Crippen LogP contribution is -2.51. The average molecular weight is 295 g/mol. The first kappa shape index (κ1) is 15.5. The second kappa shape index (κ2) is 5.50. The molecule has 2 atom stereocenters. The second-order valence-electron chi connectivity index (χ2n) is 6.69. The van der Waals surface area contributed by atoms with Gasteiger partial charge in [-0.15, -0.1) is 0 Å². The third-order valence-electron chi connectivity index (χ3n) is 4.14. The lowest BCUT2D eigenvalue weighted by atomic mass is 9.76. The summed E-state index contributed by atoms with van der Waals surface area (Å²) in [7, 11) is 0. The van der Waals surface area contributed by atoms with Gasteiger partial charge >= 0.3 is 5.97 Å². The minimum absolute atomic E-state index is 0.0912. The second-order valence-corrected chi connectivity index (χ2v) is 6.69. The van der Waals surface area contributed by atoms with E-state index in [0.29, 0.717) is 25.1 Å². The van der Waals surface area contributed by atoms with E-state index in [9.17, 15) is 14.3 Å². The number of rotatable bonds is 2. The van der Waals surface area contributed by atoms with Crippen molar-refractivity contribution in [3.8, 4) is 0 Å². The zero-order valence-electron chi connectivity index (χ0n) is 12.6. The van der Waals surface area contributed by atoms with Crippen LogP contribution >= 0.6 is 0 Å². The van der Waals surface area contributed by atoms with Crippen molar-refractivity contribution in [2.24, 2.45) is 11.3 Å².